The van der Waals surface area contributed by atoms with Crippen LogP contribution in [0.15, 0.2) is 10.6 Å². The normalized spacial score (nSPS) is 14.7. The minimum Gasteiger partial charge on any atom is -0.444 e. The predicted octanol–water partition coefficient (Wildman–Crippen LogP) is 1.50. The molecular weight excluding hydrogens is 364 g/mol. The second-order valence-electron chi connectivity index (χ2n) is 7.88. The minimum atomic E-state index is -0.538. The van der Waals surface area contributed by atoms with Gasteiger partial charge in [0.05, 0.1) is 5.69 Å². The Balaban J connectivity index is 1.63. The third-order valence-corrected chi connectivity index (χ3v) is 4.23. The van der Waals surface area contributed by atoms with Gasteiger partial charge in [0.25, 0.3) is 0 Å². The summed E-state index contributed by atoms with van der Waals surface area (Å²) in [5, 5.41) is 6.64. The van der Waals surface area contributed by atoms with Gasteiger partial charge in [-0.2, -0.15) is 0 Å². The third-order valence-electron chi connectivity index (χ3n) is 4.23. The van der Waals surface area contributed by atoms with Crippen molar-refractivity contribution in [2.75, 3.05) is 32.7 Å². The largest absolute Gasteiger partial charge is 0.444 e. The van der Waals surface area contributed by atoms with Crippen molar-refractivity contribution in [1.82, 2.24) is 20.3 Å². The van der Waals surface area contributed by atoms with E-state index in [0.717, 1.165) is 11.5 Å². The van der Waals surface area contributed by atoms with E-state index in [9.17, 15) is 14.4 Å². The molecule has 1 aliphatic heterocycles. The van der Waals surface area contributed by atoms with Crippen LogP contribution in [0.25, 0.3) is 0 Å². The Kier molecular flexibility index (Phi) is 7.42. The van der Waals surface area contributed by atoms with Gasteiger partial charge in [-0.1, -0.05) is 5.16 Å². The van der Waals surface area contributed by atoms with E-state index in [1.54, 1.807) is 9.80 Å². The molecule has 3 amide bonds. The van der Waals surface area contributed by atoms with Crippen LogP contribution >= 0.6 is 0 Å². The fraction of sp³-hybridized carbons (Fsp3) is 0.684. The first-order valence-corrected chi connectivity index (χ1v) is 9.58. The molecule has 1 fully saturated rings. The van der Waals surface area contributed by atoms with E-state index < -0.39 is 5.60 Å². The van der Waals surface area contributed by atoms with Crippen molar-refractivity contribution in [1.29, 1.82) is 0 Å². The molecule has 0 saturated carbocycles. The van der Waals surface area contributed by atoms with Crippen molar-refractivity contribution in [3.8, 4) is 0 Å². The lowest BCUT2D eigenvalue weighted by Gasteiger charge is -2.35. The van der Waals surface area contributed by atoms with Crippen molar-refractivity contribution < 1.29 is 23.6 Å². The fourth-order valence-electron chi connectivity index (χ4n) is 2.80. The monoisotopic (exact) mass is 394 g/mol. The van der Waals surface area contributed by atoms with Crippen molar-refractivity contribution in [2.24, 2.45) is 0 Å². The van der Waals surface area contributed by atoms with E-state index in [0.29, 0.717) is 39.1 Å². The van der Waals surface area contributed by atoms with Crippen LogP contribution in [0.2, 0.25) is 0 Å². The first kappa shape index (κ1) is 21.7. The Labute approximate surface area is 165 Å². The molecule has 2 heterocycles. The van der Waals surface area contributed by atoms with E-state index in [-0.39, 0.29) is 30.7 Å². The molecule has 28 heavy (non-hydrogen) atoms. The molecule has 156 valence electrons. The number of ether oxygens (including phenoxy) is 1. The van der Waals surface area contributed by atoms with Gasteiger partial charge in [0, 0.05) is 58.1 Å². The Morgan fingerprint density at radius 3 is 2.36 bits per heavy atom. The van der Waals surface area contributed by atoms with Crippen LogP contribution < -0.4 is 5.32 Å². The van der Waals surface area contributed by atoms with Crippen LogP contribution in [0.4, 0.5) is 4.79 Å². The van der Waals surface area contributed by atoms with Gasteiger partial charge in [0.2, 0.25) is 11.8 Å². The van der Waals surface area contributed by atoms with E-state index in [2.05, 4.69) is 10.5 Å². The summed E-state index contributed by atoms with van der Waals surface area (Å²) in [5.41, 5.74) is 0.251. The van der Waals surface area contributed by atoms with Gasteiger partial charge < -0.3 is 24.4 Å². The minimum absolute atomic E-state index is 0.0777. The van der Waals surface area contributed by atoms with Crippen molar-refractivity contribution in [2.45, 2.75) is 52.6 Å². The lowest BCUT2D eigenvalue weighted by molar-refractivity contribution is -0.135. The molecule has 0 aliphatic carbocycles. The predicted molar refractivity (Wildman–Crippen MR) is 102 cm³/mol. The highest BCUT2D eigenvalue weighted by Crippen LogP contribution is 2.12. The average Bonchev–Trinajstić information content (AvgIpc) is 3.03. The highest BCUT2D eigenvalue weighted by Gasteiger charge is 2.27. The molecule has 0 atom stereocenters. The van der Waals surface area contributed by atoms with Gasteiger partial charge >= 0.3 is 6.09 Å². The molecule has 2 rings (SSSR count). The van der Waals surface area contributed by atoms with E-state index >= 15 is 0 Å². The van der Waals surface area contributed by atoms with Crippen LogP contribution in [-0.4, -0.2) is 71.2 Å². The highest BCUT2D eigenvalue weighted by atomic mass is 16.6. The fourth-order valence-corrected chi connectivity index (χ4v) is 2.80. The molecule has 9 nitrogen and oxygen atoms in total. The molecule has 1 aromatic rings. The quantitative estimate of drug-likeness (QED) is 0.784. The van der Waals surface area contributed by atoms with Gasteiger partial charge in [-0.05, 0) is 27.7 Å². The maximum Gasteiger partial charge on any atom is 0.410 e. The maximum absolute atomic E-state index is 12.3. The lowest BCUT2D eigenvalue weighted by atomic mass is 10.2. The Morgan fingerprint density at radius 2 is 1.79 bits per heavy atom. The van der Waals surface area contributed by atoms with Crippen molar-refractivity contribution in [3.05, 3.63) is 17.5 Å². The summed E-state index contributed by atoms with van der Waals surface area (Å²) < 4.78 is 10.3. The van der Waals surface area contributed by atoms with Crippen LogP contribution in [0.5, 0.6) is 0 Å². The number of rotatable bonds is 6. The van der Waals surface area contributed by atoms with Crippen molar-refractivity contribution in [3.63, 3.8) is 0 Å². The molecule has 1 aromatic heterocycles. The Bertz CT molecular complexity index is 687. The standard InChI is InChI=1S/C19H30N4O5/c1-14-13-15(21-28-14)7-8-20-16(24)5-6-17(25)22-9-11-23(12-10-22)18(26)27-19(2,3)4/h13H,5-12H2,1-4H3,(H,20,24). The Hall–Kier alpha value is -2.58. The van der Waals surface area contributed by atoms with Crippen molar-refractivity contribution >= 4 is 17.9 Å². The van der Waals surface area contributed by atoms with Crippen LogP contribution in [0, 0.1) is 6.92 Å². The molecule has 1 aliphatic rings. The van der Waals surface area contributed by atoms with Gasteiger partial charge in [-0.15, -0.1) is 0 Å². The summed E-state index contributed by atoms with van der Waals surface area (Å²) in [6, 6.07) is 1.83. The highest BCUT2D eigenvalue weighted by molar-refractivity contribution is 5.84. The zero-order valence-corrected chi connectivity index (χ0v) is 17.1. The third kappa shape index (κ3) is 7.21. The van der Waals surface area contributed by atoms with Gasteiger partial charge in [-0.3, -0.25) is 9.59 Å². The van der Waals surface area contributed by atoms with Gasteiger partial charge in [0.15, 0.2) is 0 Å². The molecule has 9 heteroatoms. The Morgan fingerprint density at radius 1 is 1.14 bits per heavy atom. The lowest BCUT2D eigenvalue weighted by Crippen LogP contribution is -2.51. The number of hydrogen-bond donors (Lipinski definition) is 1. The van der Waals surface area contributed by atoms with E-state index in [1.165, 1.54) is 0 Å². The number of aryl methyl sites for hydroxylation is 1. The van der Waals surface area contributed by atoms with E-state index in [4.69, 9.17) is 9.26 Å². The van der Waals surface area contributed by atoms with Crippen LogP contribution in [0.1, 0.15) is 45.1 Å². The summed E-state index contributed by atoms with van der Waals surface area (Å²) in [4.78, 5) is 39.5. The van der Waals surface area contributed by atoms with Crippen LogP contribution in [-0.2, 0) is 20.7 Å². The second kappa shape index (κ2) is 9.57. The number of nitrogens with zero attached hydrogens (tertiary/aromatic N) is 3. The summed E-state index contributed by atoms with van der Waals surface area (Å²) in [6.45, 7) is 9.50. The first-order chi connectivity index (χ1) is 13.1. The number of amides is 3. The topological polar surface area (TPSA) is 105 Å². The molecule has 1 saturated heterocycles. The summed E-state index contributed by atoms with van der Waals surface area (Å²) in [5.74, 6) is 0.491. The average molecular weight is 394 g/mol. The first-order valence-electron chi connectivity index (χ1n) is 9.58. The molecular formula is C19H30N4O5. The SMILES string of the molecule is Cc1cc(CCNC(=O)CCC(=O)N2CCN(C(=O)OC(C)(C)C)CC2)no1. The zero-order valence-electron chi connectivity index (χ0n) is 17.1. The molecule has 1 N–H and O–H groups in total. The van der Waals surface area contributed by atoms with Crippen LogP contribution in [0.3, 0.4) is 0 Å². The number of aromatic nitrogens is 1. The number of carbonyl (C=O) groups excluding carboxylic acids is 3. The second-order valence-corrected chi connectivity index (χ2v) is 7.88. The number of carbonyl (C=O) groups is 3. The summed E-state index contributed by atoms with van der Waals surface area (Å²) >= 11 is 0. The molecule has 0 aromatic carbocycles. The van der Waals surface area contributed by atoms with E-state index in [1.807, 2.05) is 33.8 Å². The smallest absolute Gasteiger partial charge is 0.410 e. The zero-order chi connectivity index (χ0) is 20.7. The number of nitrogens with one attached hydrogen (secondary N) is 1. The van der Waals surface area contributed by atoms with Gasteiger partial charge in [0.1, 0.15) is 11.4 Å². The number of hydrogen-bond acceptors (Lipinski definition) is 6. The van der Waals surface area contributed by atoms with Gasteiger partial charge in [-0.25, -0.2) is 4.79 Å². The molecule has 0 unspecified atom stereocenters. The summed E-state index contributed by atoms with van der Waals surface area (Å²) in [6.07, 6.45) is 0.523. The maximum atomic E-state index is 12.3. The number of piperazine rings is 1. The summed E-state index contributed by atoms with van der Waals surface area (Å²) in [7, 11) is 0. The molecule has 0 radical (unpaired) electrons. The molecule has 0 spiro atoms. The molecule has 0 bridgehead atoms.